The summed E-state index contributed by atoms with van der Waals surface area (Å²) < 4.78 is 6.41. The Morgan fingerprint density at radius 3 is 3.06 bits per heavy atom. The number of hydrogen-bond acceptors (Lipinski definition) is 4. The number of halogens is 1. The van der Waals surface area contributed by atoms with Crippen molar-refractivity contribution in [1.82, 2.24) is 5.32 Å². The van der Waals surface area contributed by atoms with E-state index in [1.807, 2.05) is 19.2 Å². The van der Waals surface area contributed by atoms with Crippen molar-refractivity contribution in [2.24, 2.45) is 5.92 Å². The van der Waals surface area contributed by atoms with Gasteiger partial charge >= 0.3 is 0 Å². The summed E-state index contributed by atoms with van der Waals surface area (Å²) in [5.74, 6) is 0.275. The second-order valence-corrected chi connectivity index (χ2v) is 6.44. The maximum Gasteiger partial charge on any atom is 0.145 e. The number of likely N-dealkylation sites (N-methyl/N-ethyl adjacent to an activating group) is 1. The number of carbonyl (C=O) groups excluding carboxylic acids is 1. The third kappa shape index (κ3) is 2.71. The second kappa shape index (κ2) is 5.40. The van der Waals surface area contributed by atoms with Gasteiger partial charge in [0.2, 0.25) is 0 Å². The summed E-state index contributed by atoms with van der Waals surface area (Å²) in [5, 5.41) is 3.13. The molecular weight excluding hydrogens is 290 g/mol. The van der Waals surface area contributed by atoms with E-state index in [0.29, 0.717) is 19.6 Å². The van der Waals surface area contributed by atoms with Gasteiger partial charge in [-0.3, -0.25) is 4.79 Å². The van der Waals surface area contributed by atoms with Crippen molar-refractivity contribution in [3.8, 4) is 0 Å². The number of nitrogens with one attached hydrogen (secondary N) is 1. The van der Waals surface area contributed by atoms with Gasteiger partial charge in [-0.25, -0.2) is 0 Å². The van der Waals surface area contributed by atoms with Crippen LogP contribution in [0.4, 0.5) is 0 Å². The van der Waals surface area contributed by atoms with Gasteiger partial charge in [0, 0.05) is 17.3 Å². The highest BCUT2D eigenvalue weighted by Crippen LogP contribution is 2.24. The minimum absolute atomic E-state index is 0.00544. The van der Waals surface area contributed by atoms with Crippen LogP contribution in [0.15, 0.2) is 15.9 Å². The minimum atomic E-state index is 0.00544. The lowest BCUT2D eigenvalue weighted by Gasteiger charge is -2.14. The zero-order valence-corrected chi connectivity index (χ0v) is 11.4. The molecule has 2 unspecified atom stereocenters. The van der Waals surface area contributed by atoms with Crippen LogP contribution >= 0.6 is 27.3 Å². The Morgan fingerprint density at radius 1 is 1.62 bits per heavy atom. The Bertz CT molecular complexity index is 380. The zero-order chi connectivity index (χ0) is 11.5. The van der Waals surface area contributed by atoms with Crippen LogP contribution in [0.2, 0.25) is 0 Å². The lowest BCUT2D eigenvalue weighted by Crippen LogP contribution is -2.37. The summed E-state index contributed by atoms with van der Waals surface area (Å²) in [7, 11) is 1.88. The SMILES string of the molecule is CNC1COCC1C(=O)Cc1ccc(Br)s1. The Kier molecular flexibility index (Phi) is 4.13. The van der Waals surface area contributed by atoms with Crippen molar-refractivity contribution < 1.29 is 9.53 Å². The van der Waals surface area contributed by atoms with Gasteiger partial charge in [0.1, 0.15) is 5.78 Å². The fourth-order valence-electron chi connectivity index (χ4n) is 1.91. The van der Waals surface area contributed by atoms with Gasteiger partial charge < -0.3 is 10.1 Å². The summed E-state index contributed by atoms with van der Waals surface area (Å²) in [6, 6.07) is 4.15. The van der Waals surface area contributed by atoms with E-state index in [2.05, 4.69) is 21.2 Å². The minimum Gasteiger partial charge on any atom is -0.379 e. The molecule has 2 rings (SSSR count). The zero-order valence-electron chi connectivity index (χ0n) is 9.03. The predicted molar refractivity (Wildman–Crippen MR) is 67.9 cm³/mol. The molecule has 3 nitrogen and oxygen atoms in total. The topological polar surface area (TPSA) is 38.3 Å². The first-order chi connectivity index (χ1) is 7.70. The molecule has 0 spiro atoms. The Labute approximate surface area is 107 Å². The maximum atomic E-state index is 12.1. The molecule has 5 heteroatoms. The van der Waals surface area contributed by atoms with Crippen molar-refractivity contribution in [2.75, 3.05) is 20.3 Å². The van der Waals surface area contributed by atoms with E-state index < -0.39 is 0 Å². The Balaban J connectivity index is 1.97. The molecule has 0 saturated carbocycles. The molecule has 0 radical (unpaired) electrons. The first kappa shape index (κ1) is 12.2. The van der Waals surface area contributed by atoms with E-state index in [-0.39, 0.29) is 17.7 Å². The largest absolute Gasteiger partial charge is 0.379 e. The molecule has 0 aliphatic carbocycles. The Hall–Kier alpha value is -0.230. The lowest BCUT2D eigenvalue weighted by molar-refractivity contribution is -0.122. The quantitative estimate of drug-likeness (QED) is 0.923. The number of carbonyl (C=O) groups is 1. The molecule has 1 fully saturated rings. The maximum absolute atomic E-state index is 12.1. The van der Waals surface area contributed by atoms with Crippen molar-refractivity contribution in [3.05, 3.63) is 20.8 Å². The van der Waals surface area contributed by atoms with E-state index in [0.717, 1.165) is 8.66 Å². The van der Waals surface area contributed by atoms with Crippen molar-refractivity contribution in [2.45, 2.75) is 12.5 Å². The summed E-state index contributed by atoms with van der Waals surface area (Å²) in [5.41, 5.74) is 0. The fraction of sp³-hybridized carbons (Fsp3) is 0.545. The summed E-state index contributed by atoms with van der Waals surface area (Å²) in [4.78, 5) is 13.2. The number of hydrogen-bond donors (Lipinski definition) is 1. The van der Waals surface area contributed by atoms with E-state index >= 15 is 0 Å². The van der Waals surface area contributed by atoms with Crippen LogP contribution in [0.1, 0.15) is 4.88 Å². The molecule has 0 aromatic carbocycles. The van der Waals surface area contributed by atoms with Crippen LogP contribution in [0.3, 0.4) is 0 Å². The number of thiophene rings is 1. The van der Waals surface area contributed by atoms with E-state index in [9.17, 15) is 4.79 Å². The molecule has 1 N–H and O–H groups in total. The number of rotatable bonds is 4. The van der Waals surface area contributed by atoms with E-state index in [1.165, 1.54) is 0 Å². The van der Waals surface area contributed by atoms with Crippen LogP contribution in [0.25, 0.3) is 0 Å². The molecular formula is C11H14BrNO2S. The van der Waals surface area contributed by atoms with Crippen LogP contribution < -0.4 is 5.32 Å². The highest BCUT2D eigenvalue weighted by molar-refractivity contribution is 9.11. The molecule has 1 saturated heterocycles. The second-order valence-electron chi connectivity index (χ2n) is 3.89. The molecule has 2 heterocycles. The van der Waals surface area contributed by atoms with Gasteiger partial charge in [0.05, 0.1) is 22.9 Å². The molecule has 1 aliphatic heterocycles. The first-order valence-electron chi connectivity index (χ1n) is 5.22. The highest BCUT2D eigenvalue weighted by Gasteiger charge is 2.32. The predicted octanol–water partition coefficient (Wildman–Crippen LogP) is 1.86. The van der Waals surface area contributed by atoms with E-state index in [4.69, 9.17) is 4.74 Å². The third-order valence-electron chi connectivity index (χ3n) is 2.84. The normalized spacial score (nSPS) is 24.9. The average Bonchev–Trinajstić information content (AvgIpc) is 2.86. The van der Waals surface area contributed by atoms with Gasteiger partial charge in [-0.05, 0) is 35.1 Å². The molecule has 1 aromatic heterocycles. The van der Waals surface area contributed by atoms with Gasteiger partial charge in [0.15, 0.2) is 0 Å². The summed E-state index contributed by atoms with van der Waals surface area (Å²) in [6.45, 7) is 1.19. The van der Waals surface area contributed by atoms with Crippen LogP contribution in [0.5, 0.6) is 0 Å². The highest BCUT2D eigenvalue weighted by atomic mass is 79.9. The fourth-order valence-corrected chi connectivity index (χ4v) is 3.40. The molecule has 16 heavy (non-hydrogen) atoms. The van der Waals surface area contributed by atoms with Crippen LogP contribution in [-0.2, 0) is 16.0 Å². The average molecular weight is 304 g/mol. The monoisotopic (exact) mass is 303 g/mol. The number of Topliss-reactive ketones (excluding diaryl/α,β-unsaturated/α-hetero) is 1. The van der Waals surface area contributed by atoms with Crippen LogP contribution in [-0.4, -0.2) is 32.1 Å². The van der Waals surface area contributed by atoms with Crippen LogP contribution in [0, 0.1) is 5.92 Å². The third-order valence-corrected chi connectivity index (χ3v) is 4.47. The number of ketones is 1. The smallest absolute Gasteiger partial charge is 0.145 e. The standard InChI is InChI=1S/C11H14BrNO2S/c1-13-9-6-15-5-8(9)10(14)4-7-2-3-11(12)16-7/h2-3,8-9,13H,4-6H2,1H3. The first-order valence-corrected chi connectivity index (χ1v) is 6.83. The van der Waals surface area contributed by atoms with Gasteiger partial charge in [0.25, 0.3) is 0 Å². The molecule has 0 bridgehead atoms. The molecule has 88 valence electrons. The van der Waals surface area contributed by atoms with Gasteiger partial charge in [-0.2, -0.15) is 0 Å². The lowest BCUT2D eigenvalue weighted by atomic mass is 9.96. The molecule has 1 aromatic rings. The summed E-state index contributed by atoms with van der Waals surface area (Å²) >= 11 is 5.02. The molecule has 1 aliphatic rings. The summed E-state index contributed by atoms with van der Waals surface area (Å²) in [6.07, 6.45) is 0.516. The number of ether oxygens (including phenoxy) is 1. The van der Waals surface area contributed by atoms with Crippen molar-refractivity contribution in [3.63, 3.8) is 0 Å². The van der Waals surface area contributed by atoms with Gasteiger partial charge in [-0.15, -0.1) is 11.3 Å². The Morgan fingerprint density at radius 2 is 2.44 bits per heavy atom. The van der Waals surface area contributed by atoms with E-state index in [1.54, 1.807) is 11.3 Å². The van der Waals surface area contributed by atoms with Crippen molar-refractivity contribution in [1.29, 1.82) is 0 Å². The van der Waals surface area contributed by atoms with Gasteiger partial charge in [-0.1, -0.05) is 0 Å². The molecule has 0 amide bonds. The van der Waals surface area contributed by atoms with Crippen molar-refractivity contribution >= 4 is 33.0 Å². The molecule has 2 atom stereocenters.